The molecule has 0 aliphatic heterocycles. The average molecular weight is 302 g/mol. The number of aldehydes is 1. The molecular weight excluding hydrogens is 295 g/mol. The van der Waals surface area contributed by atoms with E-state index in [9.17, 15) is 4.79 Å². The lowest BCUT2D eigenvalue weighted by atomic mass is 10.2. The Morgan fingerprint density at radius 1 is 1.38 bits per heavy atom. The first kappa shape index (κ1) is 9.15. The van der Waals surface area contributed by atoms with Crippen molar-refractivity contribution >= 4 is 50.3 Å². The lowest BCUT2D eigenvalue weighted by Gasteiger charge is -1.95. The van der Waals surface area contributed by atoms with E-state index in [0.29, 0.717) is 0 Å². The molecule has 66 valence electrons. The number of aryl methyl sites for hydroxylation is 1. The number of carbonyl (C=O) groups excluding carboxylic acids is 1. The van der Waals surface area contributed by atoms with Gasteiger partial charge in [0.1, 0.15) is 0 Å². The normalized spacial score (nSPS) is 10.6. The van der Waals surface area contributed by atoms with Crippen LogP contribution in [0.2, 0.25) is 0 Å². The second-order valence-corrected chi connectivity index (χ2v) is 5.20. The molecule has 0 fully saturated rings. The summed E-state index contributed by atoms with van der Waals surface area (Å²) in [5.74, 6) is 0. The molecule has 0 atom stereocenters. The van der Waals surface area contributed by atoms with Crippen molar-refractivity contribution in [2.75, 3.05) is 0 Å². The zero-order chi connectivity index (χ0) is 9.42. The van der Waals surface area contributed by atoms with E-state index in [4.69, 9.17) is 0 Å². The van der Waals surface area contributed by atoms with Gasteiger partial charge in [-0.25, -0.2) is 0 Å². The molecule has 2 aromatic rings. The SMILES string of the molecule is Cc1cc(I)c2cc(C=O)sc2c1. The van der Waals surface area contributed by atoms with E-state index < -0.39 is 0 Å². The lowest BCUT2D eigenvalue weighted by Crippen LogP contribution is -1.75. The van der Waals surface area contributed by atoms with Crippen LogP contribution >= 0.6 is 33.9 Å². The van der Waals surface area contributed by atoms with E-state index in [1.54, 1.807) is 11.3 Å². The van der Waals surface area contributed by atoms with Crippen molar-refractivity contribution in [1.82, 2.24) is 0 Å². The van der Waals surface area contributed by atoms with Crippen molar-refractivity contribution in [2.24, 2.45) is 0 Å². The van der Waals surface area contributed by atoms with Crippen LogP contribution in [0.25, 0.3) is 10.1 Å². The van der Waals surface area contributed by atoms with Crippen LogP contribution in [0.3, 0.4) is 0 Å². The molecule has 1 nitrogen and oxygen atoms in total. The smallest absolute Gasteiger partial charge is 0.160 e. The molecule has 1 aromatic heterocycles. The maximum atomic E-state index is 10.6. The number of hydrogen-bond acceptors (Lipinski definition) is 2. The largest absolute Gasteiger partial charge is 0.297 e. The quantitative estimate of drug-likeness (QED) is 0.581. The van der Waals surface area contributed by atoms with E-state index in [1.807, 2.05) is 6.07 Å². The third-order valence-electron chi connectivity index (χ3n) is 1.87. The summed E-state index contributed by atoms with van der Waals surface area (Å²) < 4.78 is 2.42. The van der Waals surface area contributed by atoms with Gasteiger partial charge in [0.05, 0.1) is 4.88 Å². The zero-order valence-corrected chi connectivity index (χ0v) is 9.98. The van der Waals surface area contributed by atoms with Gasteiger partial charge in [-0.15, -0.1) is 11.3 Å². The first-order valence-electron chi connectivity index (χ1n) is 3.85. The van der Waals surface area contributed by atoms with Gasteiger partial charge < -0.3 is 0 Å². The summed E-state index contributed by atoms with van der Waals surface area (Å²) in [6.45, 7) is 2.07. The highest BCUT2D eigenvalue weighted by atomic mass is 127. The molecule has 0 aliphatic carbocycles. The number of fused-ring (bicyclic) bond motifs is 1. The Morgan fingerprint density at radius 2 is 2.15 bits per heavy atom. The highest BCUT2D eigenvalue weighted by Crippen LogP contribution is 2.29. The molecule has 0 spiro atoms. The summed E-state index contributed by atoms with van der Waals surface area (Å²) in [5.41, 5.74) is 1.25. The van der Waals surface area contributed by atoms with Crippen molar-refractivity contribution in [3.05, 3.63) is 32.2 Å². The molecule has 0 saturated heterocycles. The summed E-state index contributed by atoms with van der Waals surface area (Å²) in [5, 5.41) is 1.19. The van der Waals surface area contributed by atoms with Crippen molar-refractivity contribution in [3.63, 3.8) is 0 Å². The van der Waals surface area contributed by atoms with Crippen LogP contribution in [-0.2, 0) is 0 Å². The summed E-state index contributed by atoms with van der Waals surface area (Å²) in [6, 6.07) is 6.20. The predicted molar refractivity (Wildman–Crippen MR) is 64.7 cm³/mol. The lowest BCUT2D eigenvalue weighted by molar-refractivity contribution is 0.112. The minimum absolute atomic E-state index is 0.804. The van der Waals surface area contributed by atoms with Crippen molar-refractivity contribution in [2.45, 2.75) is 6.92 Å². The first-order valence-corrected chi connectivity index (χ1v) is 5.75. The van der Waals surface area contributed by atoms with Crippen LogP contribution in [0.5, 0.6) is 0 Å². The molecule has 0 unspecified atom stereocenters. The third-order valence-corrected chi connectivity index (χ3v) is 3.77. The topological polar surface area (TPSA) is 17.1 Å². The van der Waals surface area contributed by atoms with Gasteiger partial charge in [0, 0.05) is 13.7 Å². The molecule has 1 heterocycles. The van der Waals surface area contributed by atoms with Crippen LogP contribution in [-0.4, -0.2) is 6.29 Å². The van der Waals surface area contributed by atoms with Gasteiger partial charge in [-0.3, -0.25) is 4.79 Å². The van der Waals surface area contributed by atoms with Crippen LogP contribution in [0.15, 0.2) is 18.2 Å². The minimum atomic E-state index is 0.804. The monoisotopic (exact) mass is 302 g/mol. The number of rotatable bonds is 1. The molecule has 3 heteroatoms. The molecular formula is C10H7IOS. The van der Waals surface area contributed by atoms with Crippen LogP contribution in [0.4, 0.5) is 0 Å². The summed E-state index contributed by atoms with van der Waals surface area (Å²) in [6.07, 6.45) is 0.913. The second-order valence-electron chi connectivity index (χ2n) is 2.93. The van der Waals surface area contributed by atoms with Gasteiger partial charge in [0.2, 0.25) is 0 Å². The highest BCUT2D eigenvalue weighted by molar-refractivity contribution is 14.1. The van der Waals surface area contributed by atoms with E-state index in [0.717, 1.165) is 11.2 Å². The number of carbonyl (C=O) groups is 1. The molecule has 0 N–H and O–H groups in total. The Bertz CT molecular complexity index is 473. The average Bonchev–Trinajstić information content (AvgIpc) is 2.47. The Balaban J connectivity index is 2.82. The van der Waals surface area contributed by atoms with Crippen LogP contribution in [0, 0.1) is 10.5 Å². The van der Waals surface area contributed by atoms with Gasteiger partial charge in [-0.1, -0.05) is 0 Å². The van der Waals surface area contributed by atoms with Crippen LogP contribution < -0.4 is 0 Å². The Kier molecular flexibility index (Phi) is 2.38. The van der Waals surface area contributed by atoms with Crippen molar-refractivity contribution < 1.29 is 4.79 Å². The summed E-state index contributed by atoms with van der Waals surface area (Å²) >= 11 is 3.86. The Hall–Kier alpha value is -0.420. The van der Waals surface area contributed by atoms with E-state index in [2.05, 4.69) is 41.6 Å². The second kappa shape index (κ2) is 3.38. The van der Waals surface area contributed by atoms with Gasteiger partial charge in [-0.05, 0) is 53.3 Å². The van der Waals surface area contributed by atoms with E-state index in [-0.39, 0.29) is 0 Å². The minimum Gasteiger partial charge on any atom is -0.297 e. The number of benzene rings is 1. The van der Waals surface area contributed by atoms with Gasteiger partial charge in [0.15, 0.2) is 6.29 Å². The molecule has 0 bridgehead atoms. The standard InChI is InChI=1S/C10H7IOS/c1-6-2-9(11)8-4-7(5-12)13-10(8)3-6/h2-5H,1H3. The fourth-order valence-corrected chi connectivity index (χ4v) is 3.43. The van der Waals surface area contributed by atoms with E-state index in [1.165, 1.54) is 19.2 Å². The molecule has 1 aromatic carbocycles. The fourth-order valence-electron chi connectivity index (χ4n) is 1.30. The Labute approximate surface area is 93.9 Å². The molecule has 0 amide bonds. The van der Waals surface area contributed by atoms with Gasteiger partial charge >= 0.3 is 0 Å². The Morgan fingerprint density at radius 3 is 2.85 bits per heavy atom. The molecule has 2 rings (SSSR count). The predicted octanol–water partition coefficient (Wildman–Crippen LogP) is 3.63. The highest BCUT2D eigenvalue weighted by Gasteiger charge is 2.04. The first-order chi connectivity index (χ1) is 6.20. The summed E-state index contributed by atoms with van der Waals surface area (Å²) in [4.78, 5) is 11.4. The molecule has 0 saturated carbocycles. The fraction of sp³-hybridized carbons (Fsp3) is 0.100. The maximum absolute atomic E-state index is 10.6. The maximum Gasteiger partial charge on any atom is 0.160 e. The third kappa shape index (κ3) is 1.62. The number of thiophene rings is 1. The van der Waals surface area contributed by atoms with Gasteiger partial charge in [0.25, 0.3) is 0 Å². The van der Waals surface area contributed by atoms with Crippen LogP contribution in [0.1, 0.15) is 15.2 Å². The van der Waals surface area contributed by atoms with E-state index >= 15 is 0 Å². The van der Waals surface area contributed by atoms with Crippen molar-refractivity contribution in [1.29, 1.82) is 0 Å². The molecule has 13 heavy (non-hydrogen) atoms. The molecule has 0 aliphatic rings. The number of hydrogen-bond donors (Lipinski definition) is 0. The number of halogens is 1. The summed E-state index contributed by atoms with van der Waals surface area (Å²) in [7, 11) is 0. The van der Waals surface area contributed by atoms with Gasteiger partial charge in [-0.2, -0.15) is 0 Å². The molecule has 0 radical (unpaired) electrons. The van der Waals surface area contributed by atoms with Crippen molar-refractivity contribution in [3.8, 4) is 0 Å². The zero-order valence-electron chi connectivity index (χ0n) is 7.00.